The zero-order valence-electron chi connectivity index (χ0n) is 17.7. The summed E-state index contributed by atoms with van der Waals surface area (Å²) in [4.78, 5) is 12.2. The van der Waals surface area contributed by atoms with E-state index in [0.717, 1.165) is 11.3 Å². The van der Waals surface area contributed by atoms with E-state index in [1.807, 2.05) is 66.8 Å². The molecule has 0 atom stereocenters. The molecule has 0 radical (unpaired) electrons. The third-order valence-corrected chi connectivity index (χ3v) is 5.38. The molecule has 3 aromatic carbocycles. The van der Waals surface area contributed by atoms with E-state index < -0.39 is 6.09 Å². The Morgan fingerprint density at radius 1 is 0.969 bits per heavy atom. The summed E-state index contributed by atoms with van der Waals surface area (Å²) < 4.78 is 11.0. The Kier molecular flexibility index (Phi) is 6.84. The van der Waals surface area contributed by atoms with Gasteiger partial charge in [-0.15, -0.1) is 0 Å². The molecule has 0 heterocycles. The summed E-state index contributed by atoms with van der Waals surface area (Å²) in [5.74, 6) is 0.784. The van der Waals surface area contributed by atoms with Gasteiger partial charge in [0.2, 0.25) is 0 Å². The van der Waals surface area contributed by atoms with Gasteiger partial charge in [-0.2, -0.15) is 5.26 Å². The first-order valence-corrected chi connectivity index (χ1v) is 10.6. The van der Waals surface area contributed by atoms with E-state index in [-0.39, 0.29) is 5.92 Å². The lowest BCUT2D eigenvalue weighted by molar-refractivity contribution is 0.144. The van der Waals surface area contributed by atoms with Crippen LogP contribution in [0.4, 0.5) is 4.79 Å². The molecule has 0 aromatic heterocycles. The summed E-state index contributed by atoms with van der Waals surface area (Å²) in [7, 11) is 0. The van der Waals surface area contributed by atoms with Gasteiger partial charge in [0.05, 0.1) is 12.5 Å². The molecule has 1 N–H and O–H groups in total. The smallest absolute Gasteiger partial charge is 0.407 e. The number of benzene rings is 3. The van der Waals surface area contributed by atoms with E-state index in [4.69, 9.17) is 14.7 Å². The van der Waals surface area contributed by atoms with Gasteiger partial charge >= 0.3 is 6.09 Å². The fraction of sp³-hybridized carbons (Fsp3) is 0.185. The van der Waals surface area contributed by atoms with Gasteiger partial charge in [-0.25, -0.2) is 4.79 Å². The average Bonchev–Trinajstić information content (AvgIpc) is 3.15. The summed E-state index contributed by atoms with van der Waals surface area (Å²) in [6.45, 7) is 1.06. The molecule has 4 rings (SSSR count). The van der Waals surface area contributed by atoms with E-state index in [2.05, 4.69) is 29.6 Å². The maximum Gasteiger partial charge on any atom is 0.407 e. The van der Waals surface area contributed by atoms with Crippen molar-refractivity contribution in [2.75, 3.05) is 19.8 Å². The molecule has 160 valence electrons. The van der Waals surface area contributed by atoms with E-state index in [0.29, 0.717) is 26.2 Å². The zero-order valence-corrected chi connectivity index (χ0v) is 17.7. The molecule has 1 aliphatic rings. The van der Waals surface area contributed by atoms with Gasteiger partial charge in [-0.3, -0.25) is 0 Å². The highest BCUT2D eigenvalue weighted by Crippen LogP contribution is 2.44. The van der Waals surface area contributed by atoms with Crippen LogP contribution in [0.1, 0.15) is 29.0 Å². The summed E-state index contributed by atoms with van der Waals surface area (Å²) in [6.07, 6.45) is 3.72. The van der Waals surface area contributed by atoms with Crippen LogP contribution >= 0.6 is 0 Å². The Bertz CT molecular complexity index is 1100. The third-order valence-electron chi connectivity index (χ3n) is 5.38. The van der Waals surface area contributed by atoms with Crippen molar-refractivity contribution < 1.29 is 14.3 Å². The fourth-order valence-electron chi connectivity index (χ4n) is 3.88. The van der Waals surface area contributed by atoms with Crippen LogP contribution in [-0.4, -0.2) is 25.9 Å². The topological polar surface area (TPSA) is 71.3 Å². The number of fused-ring (bicyclic) bond motifs is 3. The van der Waals surface area contributed by atoms with Crippen molar-refractivity contribution in [3.8, 4) is 22.9 Å². The number of carbonyl (C=O) groups is 1. The molecular formula is C27H24N2O3. The number of nitrogens with one attached hydrogen (secondary N) is 1. The highest BCUT2D eigenvalue weighted by atomic mass is 16.5. The standard InChI is InChI=1S/C27H24N2O3/c28-16-6-18-31-21-14-12-20(13-15-21)7-5-17-29-27(30)32-19-26-24-10-3-1-8-22(24)23-9-2-4-11-25(23)26/h1-5,7-15,26H,6,17-19H2,(H,29,30). The summed E-state index contributed by atoms with van der Waals surface area (Å²) >= 11 is 0. The molecule has 1 amide bonds. The van der Waals surface area contributed by atoms with Crippen molar-refractivity contribution in [1.82, 2.24) is 5.32 Å². The lowest BCUT2D eigenvalue weighted by Gasteiger charge is -2.14. The first-order chi connectivity index (χ1) is 15.8. The van der Waals surface area contributed by atoms with Crippen LogP contribution in [-0.2, 0) is 4.74 Å². The maximum atomic E-state index is 12.2. The van der Waals surface area contributed by atoms with Crippen LogP contribution in [0.25, 0.3) is 17.2 Å². The first-order valence-electron chi connectivity index (χ1n) is 10.6. The Labute approximate surface area is 187 Å². The summed E-state index contributed by atoms with van der Waals surface area (Å²) in [5.41, 5.74) is 5.80. The monoisotopic (exact) mass is 424 g/mol. The number of amides is 1. The van der Waals surface area contributed by atoms with Gasteiger partial charge in [0, 0.05) is 12.5 Å². The molecule has 32 heavy (non-hydrogen) atoms. The van der Waals surface area contributed by atoms with Crippen LogP contribution in [0.5, 0.6) is 5.75 Å². The minimum absolute atomic E-state index is 0.0533. The summed E-state index contributed by atoms with van der Waals surface area (Å²) in [5, 5.41) is 11.3. The number of ether oxygens (including phenoxy) is 2. The van der Waals surface area contributed by atoms with E-state index >= 15 is 0 Å². The van der Waals surface area contributed by atoms with E-state index in [9.17, 15) is 4.79 Å². The Balaban J connectivity index is 1.25. The quantitative estimate of drug-likeness (QED) is 0.483. The van der Waals surface area contributed by atoms with Crippen LogP contribution in [0.15, 0.2) is 78.9 Å². The maximum absolute atomic E-state index is 12.2. The van der Waals surface area contributed by atoms with E-state index in [1.165, 1.54) is 22.3 Å². The van der Waals surface area contributed by atoms with Gasteiger partial charge < -0.3 is 14.8 Å². The zero-order chi connectivity index (χ0) is 22.2. The van der Waals surface area contributed by atoms with Crippen LogP contribution in [0.3, 0.4) is 0 Å². The molecule has 3 aromatic rings. The molecule has 0 unspecified atom stereocenters. The number of nitrogens with zero attached hydrogens (tertiary/aromatic N) is 1. The van der Waals surface area contributed by atoms with Crippen LogP contribution in [0, 0.1) is 11.3 Å². The predicted molar refractivity (Wildman–Crippen MR) is 124 cm³/mol. The molecular weight excluding hydrogens is 400 g/mol. The highest BCUT2D eigenvalue weighted by molar-refractivity contribution is 5.79. The number of hydrogen-bond donors (Lipinski definition) is 1. The molecule has 0 fully saturated rings. The summed E-state index contributed by atoms with van der Waals surface area (Å²) in [6, 6.07) is 26.1. The lowest BCUT2D eigenvalue weighted by Crippen LogP contribution is -2.26. The van der Waals surface area contributed by atoms with Gasteiger partial charge in [0.15, 0.2) is 0 Å². The second kappa shape index (κ2) is 10.3. The molecule has 0 saturated heterocycles. The molecule has 0 spiro atoms. The largest absolute Gasteiger partial charge is 0.493 e. The molecule has 0 bridgehead atoms. The SMILES string of the molecule is N#CCCOc1ccc(C=CCNC(=O)OCC2c3ccccc3-c3ccccc32)cc1. The van der Waals surface area contributed by atoms with Crippen molar-refractivity contribution in [2.45, 2.75) is 12.3 Å². The number of hydrogen-bond acceptors (Lipinski definition) is 4. The lowest BCUT2D eigenvalue weighted by atomic mass is 9.98. The van der Waals surface area contributed by atoms with E-state index in [1.54, 1.807) is 0 Å². The van der Waals surface area contributed by atoms with Crippen LogP contribution in [0.2, 0.25) is 0 Å². The molecule has 0 aliphatic heterocycles. The van der Waals surface area contributed by atoms with Gasteiger partial charge in [0.25, 0.3) is 0 Å². The van der Waals surface area contributed by atoms with Crippen molar-refractivity contribution in [2.24, 2.45) is 0 Å². The molecule has 1 aliphatic carbocycles. The molecule has 0 saturated carbocycles. The van der Waals surface area contributed by atoms with Crippen molar-refractivity contribution in [3.63, 3.8) is 0 Å². The minimum Gasteiger partial charge on any atom is -0.493 e. The Morgan fingerprint density at radius 2 is 1.62 bits per heavy atom. The highest BCUT2D eigenvalue weighted by Gasteiger charge is 2.28. The number of carbonyl (C=O) groups excluding carboxylic acids is 1. The van der Waals surface area contributed by atoms with Gasteiger partial charge in [-0.05, 0) is 39.9 Å². The molecule has 5 nitrogen and oxygen atoms in total. The number of alkyl carbamates (subject to hydrolysis) is 1. The minimum atomic E-state index is -0.433. The second-order valence-corrected chi connectivity index (χ2v) is 7.43. The van der Waals surface area contributed by atoms with Crippen molar-refractivity contribution in [1.29, 1.82) is 5.26 Å². The van der Waals surface area contributed by atoms with Gasteiger partial charge in [0.1, 0.15) is 19.0 Å². The van der Waals surface area contributed by atoms with Gasteiger partial charge in [-0.1, -0.05) is 72.8 Å². The van der Waals surface area contributed by atoms with Crippen molar-refractivity contribution in [3.05, 3.63) is 95.6 Å². The fourth-order valence-corrected chi connectivity index (χ4v) is 3.88. The van der Waals surface area contributed by atoms with Crippen LogP contribution < -0.4 is 10.1 Å². The third kappa shape index (κ3) is 4.98. The Morgan fingerprint density at radius 3 is 2.28 bits per heavy atom. The number of nitriles is 1. The molecule has 5 heteroatoms. The second-order valence-electron chi connectivity index (χ2n) is 7.43. The van der Waals surface area contributed by atoms with Crippen molar-refractivity contribution >= 4 is 12.2 Å². The average molecular weight is 425 g/mol. The first kappa shape index (κ1) is 21.2. The number of rotatable bonds is 8. The normalized spacial score (nSPS) is 12.1. The Hall–Kier alpha value is -4.04. The predicted octanol–water partition coefficient (Wildman–Crippen LogP) is 5.53.